The highest BCUT2D eigenvalue weighted by Crippen LogP contribution is 2.29. The van der Waals surface area contributed by atoms with Crippen LogP contribution in [0.2, 0.25) is 10.0 Å². The molecule has 2 rings (SSSR count). The number of benzene rings is 2. The first-order chi connectivity index (χ1) is 10.5. The average molecular weight is 338 g/mol. The van der Waals surface area contributed by atoms with Crippen molar-refractivity contribution in [2.24, 2.45) is 0 Å². The van der Waals surface area contributed by atoms with Crippen LogP contribution in [0.4, 0.5) is 5.69 Å². The Balaban J connectivity index is 1.93. The van der Waals surface area contributed by atoms with Crippen LogP contribution in [0.25, 0.3) is 0 Å². The Morgan fingerprint density at radius 3 is 2.23 bits per heavy atom. The molecule has 0 radical (unpaired) electrons. The molecule has 22 heavy (non-hydrogen) atoms. The zero-order valence-electron chi connectivity index (χ0n) is 12.4. The number of rotatable bonds is 5. The maximum atomic E-state index is 11.9. The summed E-state index contributed by atoms with van der Waals surface area (Å²) in [6.07, 6.45) is 0. The molecule has 0 spiro atoms. The van der Waals surface area contributed by atoms with Crippen LogP contribution in [0.3, 0.4) is 0 Å². The quantitative estimate of drug-likeness (QED) is 0.820. The number of para-hydroxylation sites is 1. The van der Waals surface area contributed by atoms with Crippen LogP contribution < -0.4 is 10.1 Å². The Hall–Kier alpha value is -1.71. The molecule has 0 aliphatic carbocycles. The molecule has 5 heteroatoms. The molecule has 2 aromatic rings. The van der Waals surface area contributed by atoms with E-state index in [1.54, 1.807) is 18.2 Å². The molecule has 0 aliphatic rings. The minimum Gasteiger partial charge on any atom is -0.484 e. The van der Waals surface area contributed by atoms with E-state index in [0.717, 1.165) is 0 Å². The maximum Gasteiger partial charge on any atom is 0.262 e. The van der Waals surface area contributed by atoms with Gasteiger partial charge in [0.25, 0.3) is 5.91 Å². The fourth-order valence-corrected chi connectivity index (χ4v) is 2.38. The van der Waals surface area contributed by atoms with Gasteiger partial charge in [-0.25, -0.2) is 0 Å². The van der Waals surface area contributed by atoms with Crippen molar-refractivity contribution in [3.63, 3.8) is 0 Å². The molecule has 1 N–H and O–H groups in total. The van der Waals surface area contributed by atoms with Crippen LogP contribution in [0.1, 0.15) is 25.3 Å². The van der Waals surface area contributed by atoms with Gasteiger partial charge in [0.05, 0.1) is 15.7 Å². The topological polar surface area (TPSA) is 38.3 Å². The third kappa shape index (κ3) is 4.39. The molecule has 0 aromatic heterocycles. The normalized spacial score (nSPS) is 10.6. The molecule has 0 unspecified atom stereocenters. The summed E-state index contributed by atoms with van der Waals surface area (Å²) in [7, 11) is 0. The Morgan fingerprint density at radius 1 is 1.09 bits per heavy atom. The number of ether oxygens (including phenoxy) is 1. The van der Waals surface area contributed by atoms with E-state index in [4.69, 9.17) is 27.9 Å². The van der Waals surface area contributed by atoms with Crippen LogP contribution in [-0.4, -0.2) is 12.5 Å². The van der Waals surface area contributed by atoms with Gasteiger partial charge in [-0.1, -0.05) is 55.2 Å². The third-order valence-electron chi connectivity index (χ3n) is 3.14. The summed E-state index contributed by atoms with van der Waals surface area (Å²) < 4.78 is 5.46. The molecule has 116 valence electrons. The van der Waals surface area contributed by atoms with Crippen molar-refractivity contribution < 1.29 is 9.53 Å². The Morgan fingerprint density at radius 2 is 1.68 bits per heavy atom. The molecule has 3 nitrogen and oxygen atoms in total. The van der Waals surface area contributed by atoms with Crippen LogP contribution in [-0.2, 0) is 4.79 Å². The lowest BCUT2D eigenvalue weighted by molar-refractivity contribution is -0.118. The molecule has 0 bridgehead atoms. The van der Waals surface area contributed by atoms with Gasteiger partial charge in [0.2, 0.25) is 0 Å². The van der Waals surface area contributed by atoms with Gasteiger partial charge in [0.15, 0.2) is 6.61 Å². The van der Waals surface area contributed by atoms with Gasteiger partial charge in [-0.15, -0.1) is 0 Å². The molecule has 0 saturated carbocycles. The second kappa shape index (κ2) is 7.52. The molecule has 2 aromatic carbocycles. The average Bonchev–Trinajstić information content (AvgIpc) is 2.49. The van der Waals surface area contributed by atoms with Gasteiger partial charge >= 0.3 is 0 Å². The van der Waals surface area contributed by atoms with Crippen LogP contribution in [0, 0.1) is 0 Å². The van der Waals surface area contributed by atoms with E-state index in [1.807, 2.05) is 24.3 Å². The van der Waals surface area contributed by atoms with Crippen molar-refractivity contribution >= 4 is 34.8 Å². The first-order valence-electron chi connectivity index (χ1n) is 6.94. The number of carbonyl (C=O) groups excluding carboxylic acids is 1. The predicted octanol–water partition coefficient (Wildman–Crippen LogP) is 5.13. The van der Waals surface area contributed by atoms with Crippen molar-refractivity contribution in [2.45, 2.75) is 19.8 Å². The van der Waals surface area contributed by atoms with Gasteiger partial charge in [-0.05, 0) is 35.7 Å². The first kappa shape index (κ1) is 16.7. The van der Waals surface area contributed by atoms with Gasteiger partial charge in [0.1, 0.15) is 5.75 Å². The molecule has 0 atom stereocenters. The smallest absolute Gasteiger partial charge is 0.262 e. The molecule has 1 amide bonds. The fourth-order valence-electron chi connectivity index (χ4n) is 1.89. The van der Waals surface area contributed by atoms with Crippen molar-refractivity contribution in [3.05, 3.63) is 58.1 Å². The lowest BCUT2D eigenvalue weighted by atomic mass is 10.0. The van der Waals surface area contributed by atoms with Crippen LogP contribution in [0.15, 0.2) is 42.5 Å². The van der Waals surface area contributed by atoms with Crippen LogP contribution in [0.5, 0.6) is 5.75 Å². The lowest BCUT2D eigenvalue weighted by Gasteiger charge is -2.11. The summed E-state index contributed by atoms with van der Waals surface area (Å²) in [4.78, 5) is 11.9. The number of amides is 1. The number of carbonyl (C=O) groups is 1. The summed E-state index contributed by atoms with van der Waals surface area (Å²) >= 11 is 12.0. The second-order valence-electron chi connectivity index (χ2n) is 5.16. The molecule has 0 heterocycles. The number of anilines is 1. The van der Waals surface area contributed by atoms with E-state index < -0.39 is 0 Å². The number of hydrogen-bond donors (Lipinski definition) is 1. The Kier molecular flexibility index (Phi) is 5.69. The first-order valence-corrected chi connectivity index (χ1v) is 7.69. The number of halogens is 2. The Bertz CT molecular complexity index is 634. The van der Waals surface area contributed by atoms with Gasteiger partial charge in [0, 0.05) is 0 Å². The van der Waals surface area contributed by atoms with Crippen LogP contribution >= 0.6 is 23.2 Å². The zero-order chi connectivity index (χ0) is 16.1. The highest BCUT2D eigenvalue weighted by molar-refractivity contribution is 6.39. The van der Waals surface area contributed by atoms with E-state index >= 15 is 0 Å². The zero-order valence-corrected chi connectivity index (χ0v) is 13.9. The predicted molar refractivity (Wildman–Crippen MR) is 91.1 cm³/mol. The van der Waals surface area contributed by atoms with E-state index in [1.165, 1.54) is 5.56 Å². The summed E-state index contributed by atoms with van der Waals surface area (Å²) in [5, 5.41) is 3.43. The third-order valence-corrected chi connectivity index (χ3v) is 3.77. The molecular formula is C17H17Cl2NO2. The molecule has 0 aliphatic heterocycles. The van der Waals surface area contributed by atoms with E-state index in [-0.39, 0.29) is 12.5 Å². The van der Waals surface area contributed by atoms with E-state index in [0.29, 0.717) is 27.4 Å². The minimum atomic E-state index is -0.317. The lowest BCUT2D eigenvalue weighted by Crippen LogP contribution is -2.20. The minimum absolute atomic E-state index is 0.109. The van der Waals surface area contributed by atoms with Crippen molar-refractivity contribution in [1.82, 2.24) is 0 Å². The summed E-state index contributed by atoms with van der Waals surface area (Å²) in [5.74, 6) is 0.785. The van der Waals surface area contributed by atoms with Crippen molar-refractivity contribution in [1.29, 1.82) is 0 Å². The number of hydrogen-bond acceptors (Lipinski definition) is 2. The molecule has 0 saturated heterocycles. The SMILES string of the molecule is CC(C)c1ccc(OCC(=O)Nc2c(Cl)cccc2Cl)cc1. The summed E-state index contributed by atoms with van der Waals surface area (Å²) in [5.41, 5.74) is 1.62. The summed E-state index contributed by atoms with van der Waals surface area (Å²) in [6.45, 7) is 4.13. The maximum absolute atomic E-state index is 11.9. The van der Waals surface area contributed by atoms with Gasteiger partial charge < -0.3 is 10.1 Å². The largest absolute Gasteiger partial charge is 0.484 e. The van der Waals surface area contributed by atoms with Gasteiger partial charge in [-0.2, -0.15) is 0 Å². The fraction of sp³-hybridized carbons (Fsp3) is 0.235. The highest BCUT2D eigenvalue weighted by Gasteiger charge is 2.10. The van der Waals surface area contributed by atoms with Gasteiger partial charge in [-0.3, -0.25) is 4.79 Å². The van der Waals surface area contributed by atoms with Crippen molar-refractivity contribution in [2.75, 3.05) is 11.9 Å². The molecular weight excluding hydrogens is 321 g/mol. The van der Waals surface area contributed by atoms with E-state index in [9.17, 15) is 4.79 Å². The second-order valence-corrected chi connectivity index (χ2v) is 5.97. The molecule has 0 fully saturated rings. The summed E-state index contributed by atoms with van der Waals surface area (Å²) in [6, 6.07) is 12.7. The monoisotopic (exact) mass is 337 g/mol. The van der Waals surface area contributed by atoms with Crippen molar-refractivity contribution in [3.8, 4) is 5.75 Å². The Labute approximate surface area is 140 Å². The highest BCUT2D eigenvalue weighted by atomic mass is 35.5. The van der Waals surface area contributed by atoms with E-state index in [2.05, 4.69) is 19.2 Å². The standard InChI is InChI=1S/C17H17Cl2NO2/c1-11(2)12-6-8-13(9-7-12)22-10-16(21)20-17-14(18)4-3-5-15(17)19/h3-9,11H,10H2,1-2H3,(H,20,21). The number of nitrogens with one attached hydrogen (secondary N) is 1.